The number of carbonyl (C=O) groups excluding carboxylic acids is 1. The predicted octanol–water partition coefficient (Wildman–Crippen LogP) is 5.36. The van der Waals surface area contributed by atoms with Crippen LogP contribution in [0.25, 0.3) is 11.4 Å². The first-order valence-corrected chi connectivity index (χ1v) is 10.2. The molecule has 2 aromatic carbocycles. The molecule has 0 bridgehead atoms. The standard InChI is InChI=1S/C22H23ClN4O2/c1-2-15-6-8-19(9-7-15)24-22(28)27-12-10-16(11-13-27)21-25-20(26-29-21)17-4-3-5-18(23)14-17/h3-9,14,16H,2,10-13H2,1H3,(H,24,28). The minimum absolute atomic E-state index is 0.0714. The van der Waals surface area contributed by atoms with Crippen molar-refractivity contribution in [2.24, 2.45) is 0 Å². The van der Waals surface area contributed by atoms with E-state index in [9.17, 15) is 4.79 Å². The molecule has 0 unspecified atom stereocenters. The number of aromatic nitrogens is 2. The zero-order valence-electron chi connectivity index (χ0n) is 16.3. The zero-order valence-corrected chi connectivity index (χ0v) is 17.0. The maximum absolute atomic E-state index is 12.5. The van der Waals surface area contributed by atoms with Crippen LogP contribution in [0.3, 0.4) is 0 Å². The number of hydrogen-bond acceptors (Lipinski definition) is 4. The van der Waals surface area contributed by atoms with E-state index in [4.69, 9.17) is 16.1 Å². The summed E-state index contributed by atoms with van der Waals surface area (Å²) in [5.74, 6) is 1.32. The summed E-state index contributed by atoms with van der Waals surface area (Å²) in [5.41, 5.74) is 2.90. The Morgan fingerprint density at radius 1 is 1.21 bits per heavy atom. The third-order valence-corrected chi connectivity index (χ3v) is 5.50. The van der Waals surface area contributed by atoms with E-state index in [0.29, 0.717) is 29.8 Å². The molecule has 6 nitrogen and oxygen atoms in total. The Morgan fingerprint density at radius 2 is 1.97 bits per heavy atom. The number of rotatable bonds is 4. The molecule has 0 aliphatic carbocycles. The summed E-state index contributed by atoms with van der Waals surface area (Å²) in [4.78, 5) is 18.9. The molecule has 29 heavy (non-hydrogen) atoms. The maximum Gasteiger partial charge on any atom is 0.321 e. The van der Waals surface area contributed by atoms with Crippen LogP contribution in [0.5, 0.6) is 0 Å². The lowest BCUT2D eigenvalue weighted by Gasteiger charge is -2.30. The number of aryl methyl sites for hydroxylation is 1. The van der Waals surface area contributed by atoms with Gasteiger partial charge in [0.2, 0.25) is 11.7 Å². The number of nitrogens with zero attached hydrogens (tertiary/aromatic N) is 3. The lowest BCUT2D eigenvalue weighted by atomic mass is 9.97. The first-order chi connectivity index (χ1) is 14.1. The number of anilines is 1. The minimum atomic E-state index is -0.0714. The highest BCUT2D eigenvalue weighted by molar-refractivity contribution is 6.30. The number of carbonyl (C=O) groups is 1. The van der Waals surface area contributed by atoms with Crippen LogP contribution < -0.4 is 5.32 Å². The molecule has 2 amide bonds. The van der Waals surface area contributed by atoms with Crippen molar-refractivity contribution in [3.05, 3.63) is 65.0 Å². The summed E-state index contributed by atoms with van der Waals surface area (Å²) in [6.07, 6.45) is 2.56. The number of amides is 2. The second-order valence-corrected chi connectivity index (χ2v) is 7.64. The van der Waals surface area contributed by atoms with Gasteiger partial charge in [-0.25, -0.2) is 4.79 Å². The van der Waals surface area contributed by atoms with Gasteiger partial charge in [-0.05, 0) is 49.1 Å². The number of hydrogen-bond donors (Lipinski definition) is 1. The van der Waals surface area contributed by atoms with Crippen LogP contribution in [-0.4, -0.2) is 34.2 Å². The Bertz CT molecular complexity index is 978. The maximum atomic E-state index is 12.5. The fourth-order valence-electron chi connectivity index (χ4n) is 3.50. The Labute approximate surface area is 174 Å². The molecule has 150 valence electrons. The van der Waals surface area contributed by atoms with Gasteiger partial charge in [0.1, 0.15) is 0 Å². The Balaban J connectivity index is 1.34. The molecular weight excluding hydrogens is 388 g/mol. The Kier molecular flexibility index (Phi) is 5.81. The number of urea groups is 1. The average molecular weight is 411 g/mol. The van der Waals surface area contributed by atoms with E-state index in [2.05, 4.69) is 22.4 Å². The van der Waals surface area contributed by atoms with Crippen molar-refractivity contribution in [2.75, 3.05) is 18.4 Å². The molecule has 1 N–H and O–H groups in total. The van der Waals surface area contributed by atoms with Crippen LogP contribution in [-0.2, 0) is 6.42 Å². The molecule has 1 saturated heterocycles. The first-order valence-electron chi connectivity index (χ1n) is 9.87. The fourth-order valence-corrected chi connectivity index (χ4v) is 3.69. The number of halogens is 1. The van der Waals surface area contributed by atoms with Gasteiger partial charge in [-0.2, -0.15) is 4.98 Å². The predicted molar refractivity (Wildman–Crippen MR) is 113 cm³/mol. The fraction of sp³-hybridized carbons (Fsp3) is 0.318. The van der Waals surface area contributed by atoms with Gasteiger partial charge in [0.25, 0.3) is 0 Å². The van der Waals surface area contributed by atoms with E-state index in [-0.39, 0.29) is 11.9 Å². The van der Waals surface area contributed by atoms with E-state index >= 15 is 0 Å². The van der Waals surface area contributed by atoms with Crippen molar-refractivity contribution in [1.29, 1.82) is 0 Å². The zero-order chi connectivity index (χ0) is 20.2. The SMILES string of the molecule is CCc1ccc(NC(=O)N2CCC(c3nc(-c4cccc(Cl)c4)no3)CC2)cc1. The van der Waals surface area contributed by atoms with Gasteiger partial charge in [-0.3, -0.25) is 0 Å². The summed E-state index contributed by atoms with van der Waals surface area (Å²) in [6, 6.07) is 15.3. The smallest absolute Gasteiger partial charge is 0.321 e. The number of benzene rings is 2. The van der Waals surface area contributed by atoms with Crippen LogP contribution in [0.4, 0.5) is 10.5 Å². The molecule has 2 heterocycles. The summed E-state index contributed by atoms with van der Waals surface area (Å²) in [5, 5.41) is 7.70. The van der Waals surface area contributed by atoms with E-state index in [1.807, 2.05) is 53.4 Å². The second-order valence-electron chi connectivity index (χ2n) is 7.21. The van der Waals surface area contributed by atoms with E-state index < -0.39 is 0 Å². The normalized spacial score (nSPS) is 14.8. The topological polar surface area (TPSA) is 71.3 Å². The molecule has 1 aliphatic heterocycles. The minimum Gasteiger partial charge on any atom is -0.339 e. The molecule has 0 radical (unpaired) electrons. The third kappa shape index (κ3) is 4.59. The lowest BCUT2D eigenvalue weighted by Crippen LogP contribution is -2.40. The van der Waals surface area contributed by atoms with Crippen LogP contribution in [0, 0.1) is 0 Å². The second kappa shape index (κ2) is 8.66. The largest absolute Gasteiger partial charge is 0.339 e. The van der Waals surface area contributed by atoms with Crippen molar-refractivity contribution >= 4 is 23.3 Å². The molecular formula is C22H23ClN4O2. The molecule has 0 saturated carbocycles. The summed E-state index contributed by atoms with van der Waals surface area (Å²) < 4.78 is 5.49. The lowest BCUT2D eigenvalue weighted by molar-refractivity contribution is 0.187. The van der Waals surface area contributed by atoms with Crippen LogP contribution in [0.15, 0.2) is 53.1 Å². The highest BCUT2D eigenvalue weighted by Crippen LogP contribution is 2.29. The van der Waals surface area contributed by atoms with Gasteiger partial charge in [0.15, 0.2) is 0 Å². The molecule has 1 fully saturated rings. The Morgan fingerprint density at radius 3 is 2.66 bits per heavy atom. The van der Waals surface area contributed by atoms with Crippen molar-refractivity contribution in [3.8, 4) is 11.4 Å². The van der Waals surface area contributed by atoms with Crippen LogP contribution in [0.2, 0.25) is 5.02 Å². The van der Waals surface area contributed by atoms with Gasteiger partial charge in [0.05, 0.1) is 0 Å². The van der Waals surface area contributed by atoms with Gasteiger partial charge in [-0.15, -0.1) is 0 Å². The van der Waals surface area contributed by atoms with Gasteiger partial charge < -0.3 is 14.7 Å². The summed E-state index contributed by atoms with van der Waals surface area (Å²) >= 11 is 6.04. The van der Waals surface area contributed by atoms with Crippen LogP contribution >= 0.6 is 11.6 Å². The van der Waals surface area contributed by atoms with E-state index in [1.54, 1.807) is 0 Å². The number of nitrogens with one attached hydrogen (secondary N) is 1. The molecule has 1 aliphatic rings. The molecule has 4 rings (SSSR count). The number of likely N-dealkylation sites (tertiary alicyclic amines) is 1. The van der Waals surface area contributed by atoms with Crippen molar-refractivity contribution < 1.29 is 9.32 Å². The first kappa shape index (κ1) is 19.5. The molecule has 0 atom stereocenters. The van der Waals surface area contributed by atoms with Crippen molar-refractivity contribution in [1.82, 2.24) is 15.0 Å². The van der Waals surface area contributed by atoms with E-state index in [1.165, 1.54) is 5.56 Å². The number of piperidine rings is 1. The van der Waals surface area contributed by atoms with Crippen LogP contribution in [0.1, 0.15) is 37.1 Å². The van der Waals surface area contributed by atoms with E-state index in [0.717, 1.165) is 30.5 Å². The Hall–Kier alpha value is -2.86. The van der Waals surface area contributed by atoms with Crippen molar-refractivity contribution in [2.45, 2.75) is 32.1 Å². The quantitative estimate of drug-likeness (QED) is 0.628. The van der Waals surface area contributed by atoms with Gasteiger partial charge in [0, 0.05) is 35.3 Å². The highest BCUT2D eigenvalue weighted by atomic mass is 35.5. The monoisotopic (exact) mass is 410 g/mol. The average Bonchev–Trinajstić information content (AvgIpc) is 3.25. The molecule has 1 aromatic heterocycles. The summed E-state index contributed by atoms with van der Waals surface area (Å²) in [6.45, 7) is 3.41. The third-order valence-electron chi connectivity index (χ3n) is 5.27. The molecule has 0 spiro atoms. The van der Waals surface area contributed by atoms with Gasteiger partial charge >= 0.3 is 6.03 Å². The highest BCUT2D eigenvalue weighted by Gasteiger charge is 2.27. The van der Waals surface area contributed by atoms with Crippen molar-refractivity contribution in [3.63, 3.8) is 0 Å². The van der Waals surface area contributed by atoms with Gasteiger partial charge in [-0.1, -0.05) is 47.9 Å². The molecule has 7 heteroatoms. The molecule has 3 aromatic rings. The summed E-state index contributed by atoms with van der Waals surface area (Å²) in [7, 11) is 0.